The first-order chi connectivity index (χ1) is 14.9. The minimum absolute atomic E-state index is 0.0101. The van der Waals surface area contributed by atoms with Crippen LogP contribution in [-0.4, -0.2) is 56.9 Å². The zero-order valence-electron chi connectivity index (χ0n) is 17.0. The predicted octanol–water partition coefficient (Wildman–Crippen LogP) is 2.67. The molecule has 11 heteroatoms. The lowest BCUT2D eigenvalue weighted by Crippen LogP contribution is -2.30. The number of carbonyl (C=O) groups is 2. The van der Waals surface area contributed by atoms with E-state index in [1.807, 2.05) is 22.9 Å². The number of imidazole rings is 1. The molecule has 0 radical (unpaired) electrons. The van der Waals surface area contributed by atoms with Crippen LogP contribution < -0.4 is 15.0 Å². The number of hydrogen-bond donors (Lipinski definition) is 1. The van der Waals surface area contributed by atoms with Gasteiger partial charge in [-0.2, -0.15) is 4.98 Å². The number of amides is 3. The lowest BCUT2D eigenvalue weighted by molar-refractivity contribution is -0.123. The summed E-state index contributed by atoms with van der Waals surface area (Å²) < 4.78 is 7.18. The number of fused-ring (bicyclic) bond motifs is 1. The first-order valence-electron chi connectivity index (χ1n) is 9.84. The van der Waals surface area contributed by atoms with E-state index in [4.69, 9.17) is 21.3 Å². The molecule has 3 aromatic heterocycles. The number of nitrogens with one attached hydrogen (secondary N) is 1. The molecule has 2 aliphatic rings. The molecule has 1 N–H and O–H groups in total. The molecular formula is C20H20ClN7O3. The van der Waals surface area contributed by atoms with E-state index in [9.17, 15) is 9.59 Å². The number of methoxy groups -OCH3 is 1. The topological polar surface area (TPSA) is 105 Å². The summed E-state index contributed by atoms with van der Waals surface area (Å²) >= 11 is 5.90. The van der Waals surface area contributed by atoms with E-state index in [2.05, 4.69) is 15.3 Å². The van der Waals surface area contributed by atoms with Gasteiger partial charge in [-0.15, -0.1) is 0 Å². The number of urea groups is 1. The van der Waals surface area contributed by atoms with Crippen molar-refractivity contribution in [1.29, 1.82) is 0 Å². The highest BCUT2D eigenvalue weighted by Crippen LogP contribution is 2.42. The molecule has 0 aromatic carbocycles. The molecule has 0 unspecified atom stereocenters. The van der Waals surface area contributed by atoms with Crippen molar-refractivity contribution in [2.24, 2.45) is 0 Å². The van der Waals surface area contributed by atoms with Gasteiger partial charge in [-0.25, -0.2) is 14.8 Å². The van der Waals surface area contributed by atoms with Gasteiger partial charge >= 0.3 is 6.03 Å². The molecule has 4 heterocycles. The summed E-state index contributed by atoms with van der Waals surface area (Å²) in [5, 5.41) is 3.27. The van der Waals surface area contributed by atoms with Crippen LogP contribution in [-0.2, 0) is 11.3 Å². The quantitative estimate of drug-likeness (QED) is 0.463. The van der Waals surface area contributed by atoms with Gasteiger partial charge in [0.05, 0.1) is 31.2 Å². The molecule has 1 aliphatic heterocycles. The van der Waals surface area contributed by atoms with E-state index >= 15 is 0 Å². The van der Waals surface area contributed by atoms with Crippen molar-refractivity contribution in [1.82, 2.24) is 24.3 Å². The Morgan fingerprint density at radius 3 is 2.74 bits per heavy atom. The van der Waals surface area contributed by atoms with Crippen molar-refractivity contribution >= 4 is 40.7 Å². The number of hydrogen-bond acceptors (Lipinski definition) is 7. The molecule has 31 heavy (non-hydrogen) atoms. The number of likely N-dealkylation sites (N-methyl/N-ethyl adjacent to an activating group) is 1. The maximum Gasteiger partial charge on any atom is 0.331 e. The Morgan fingerprint density at radius 2 is 2.06 bits per heavy atom. The number of anilines is 2. The Hall–Kier alpha value is -3.40. The molecule has 2 fully saturated rings. The highest BCUT2D eigenvalue weighted by molar-refractivity contribution is 6.28. The number of halogens is 1. The summed E-state index contributed by atoms with van der Waals surface area (Å²) in [5.74, 6) is 1.17. The molecular weight excluding hydrogens is 422 g/mol. The standard InChI is InChI=1S/C20H20ClN7O3/c1-26-16(29)10-28(20(26)30)14-5-12(11-3-4-11)8-27-9-13(24-18(14)27)6-22-17-15(31-2)7-23-19(21)25-17/h5,7-9,11H,3-4,6,10H2,1-2H3,(H,22,23,25). The smallest absolute Gasteiger partial charge is 0.331 e. The molecule has 0 atom stereocenters. The third kappa shape index (κ3) is 3.52. The molecule has 10 nitrogen and oxygen atoms in total. The summed E-state index contributed by atoms with van der Waals surface area (Å²) in [5.41, 5.74) is 3.13. The average molecular weight is 442 g/mol. The molecule has 3 amide bonds. The van der Waals surface area contributed by atoms with E-state index in [-0.39, 0.29) is 23.8 Å². The van der Waals surface area contributed by atoms with Crippen LogP contribution in [0.2, 0.25) is 5.28 Å². The lowest BCUT2D eigenvalue weighted by Gasteiger charge is -2.17. The first kappa shape index (κ1) is 19.6. The van der Waals surface area contributed by atoms with Crippen molar-refractivity contribution < 1.29 is 14.3 Å². The fourth-order valence-corrected chi connectivity index (χ4v) is 3.79. The van der Waals surface area contributed by atoms with Gasteiger partial charge in [0, 0.05) is 19.4 Å². The minimum Gasteiger partial charge on any atom is -0.491 e. The van der Waals surface area contributed by atoms with Crippen molar-refractivity contribution in [3.8, 4) is 5.75 Å². The minimum atomic E-state index is -0.345. The Kier molecular flexibility index (Phi) is 4.66. The van der Waals surface area contributed by atoms with Gasteiger partial charge in [0.15, 0.2) is 17.2 Å². The van der Waals surface area contributed by atoms with Crippen LogP contribution in [0, 0.1) is 0 Å². The Morgan fingerprint density at radius 1 is 1.26 bits per heavy atom. The van der Waals surface area contributed by atoms with E-state index in [0.29, 0.717) is 35.4 Å². The van der Waals surface area contributed by atoms with E-state index in [1.165, 1.54) is 25.3 Å². The molecule has 1 aliphatic carbocycles. The zero-order valence-corrected chi connectivity index (χ0v) is 17.8. The van der Waals surface area contributed by atoms with Crippen LogP contribution in [0.3, 0.4) is 0 Å². The predicted molar refractivity (Wildman–Crippen MR) is 114 cm³/mol. The molecule has 1 saturated carbocycles. The van der Waals surface area contributed by atoms with Crippen molar-refractivity contribution in [2.75, 3.05) is 30.9 Å². The van der Waals surface area contributed by atoms with Gasteiger partial charge in [-0.3, -0.25) is 14.6 Å². The number of aromatic nitrogens is 4. The molecule has 3 aromatic rings. The highest BCUT2D eigenvalue weighted by atomic mass is 35.5. The second-order valence-corrected chi connectivity index (χ2v) is 7.97. The second-order valence-electron chi connectivity index (χ2n) is 7.63. The third-order valence-corrected chi connectivity index (χ3v) is 5.69. The number of imide groups is 1. The van der Waals surface area contributed by atoms with Gasteiger partial charge in [0.25, 0.3) is 0 Å². The van der Waals surface area contributed by atoms with Gasteiger partial charge in [0.1, 0.15) is 6.54 Å². The summed E-state index contributed by atoms with van der Waals surface area (Å²) in [4.78, 5) is 40.1. The molecule has 5 rings (SSSR count). The average Bonchev–Trinajstić information content (AvgIpc) is 3.48. The van der Waals surface area contributed by atoms with Crippen molar-refractivity contribution in [3.05, 3.63) is 41.2 Å². The normalized spacial score (nSPS) is 16.5. The number of rotatable bonds is 6. The molecule has 0 bridgehead atoms. The summed E-state index contributed by atoms with van der Waals surface area (Å²) in [6.07, 6.45) is 7.68. The number of ether oxygens (including phenoxy) is 1. The molecule has 160 valence electrons. The number of pyridine rings is 1. The lowest BCUT2D eigenvalue weighted by atomic mass is 10.1. The summed E-state index contributed by atoms with van der Waals surface area (Å²) in [7, 11) is 3.02. The first-order valence-corrected chi connectivity index (χ1v) is 10.2. The number of nitrogens with zero attached hydrogens (tertiary/aromatic N) is 6. The van der Waals surface area contributed by atoms with Gasteiger partial charge < -0.3 is 14.5 Å². The van der Waals surface area contributed by atoms with Crippen LogP contribution in [0.25, 0.3) is 5.65 Å². The van der Waals surface area contributed by atoms with E-state index in [0.717, 1.165) is 29.0 Å². The molecule has 0 spiro atoms. The monoisotopic (exact) mass is 441 g/mol. The maximum absolute atomic E-state index is 12.6. The summed E-state index contributed by atoms with van der Waals surface area (Å²) in [6.45, 7) is 0.368. The Bertz CT molecular complexity index is 1210. The Labute approximate surface area is 182 Å². The maximum atomic E-state index is 12.6. The third-order valence-electron chi connectivity index (χ3n) is 5.51. The van der Waals surface area contributed by atoms with Crippen molar-refractivity contribution in [2.45, 2.75) is 25.3 Å². The Balaban J connectivity index is 1.50. The SMILES string of the molecule is COc1cnc(Cl)nc1NCc1cn2cc(C3CC3)cc(N3CC(=O)N(C)C3=O)c2n1. The van der Waals surface area contributed by atoms with Gasteiger partial charge in [-0.05, 0) is 42.0 Å². The van der Waals surface area contributed by atoms with E-state index < -0.39 is 0 Å². The fraction of sp³-hybridized carbons (Fsp3) is 0.350. The number of carbonyl (C=O) groups excluding carboxylic acids is 2. The van der Waals surface area contributed by atoms with Gasteiger partial charge in [0.2, 0.25) is 11.2 Å². The van der Waals surface area contributed by atoms with E-state index in [1.54, 1.807) is 0 Å². The highest BCUT2D eigenvalue weighted by Gasteiger charge is 2.36. The van der Waals surface area contributed by atoms with Crippen LogP contribution in [0.15, 0.2) is 24.7 Å². The second kappa shape index (κ2) is 7.38. The molecule has 1 saturated heterocycles. The summed E-state index contributed by atoms with van der Waals surface area (Å²) in [6, 6.07) is 1.64. The van der Waals surface area contributed by atoms with Crippen molar-refractivity contribution in [3.63, 3.8) is 0 Å². The van der Waals surface area contributed by atoms with Crippen LogP contribution in [0.5, 0.6) is 5.75 Å². The largest absolute Gasteiger partial charge is 0.491 e. The van der Waals surface area contributed by atoms with Gasteiger partial charge in [-0.1, -0.05) is 0 Å². The van der Waals surface area contributed by atoms with Crippen LogP contribution in [0.1, 0.15) is 30.0 Å². The van der Waals surface area contributed by atoms with Crippen LogP contribution >= 0.6 is 11.6 Å². The fourth-order valence-electron chi connectivity index (χ4n) is 3.66. The zero-order chi connectivity index (χ0) is 21.7. The van der Waals surface area contributed by atoms with Crippen LogP contribution in [0.4, 0.5) is 16.3 Å².